The van der Waals surface area contributed by atoms with Crippen LogP contribution >= 0.6 is 24.4 Å². The second-order valence-electron chi connectivity index (χ2n) is 7.49. The van der Waals surface area contributed by atoms with Crippen molar-refractivity contribution in [3.8, 4) is 0 Å². The lowest BCUT2D eigenvalue weighted by atomic mass is 9.70. The summed E-state index contributed by atoms with van der Waals surface area (Å²) in [6.45, 7) is 8.73. The molecule has 3 nitrogen and oxygen atoms in total. The van der Waals surface area contributed by atoms with E-state index in [2.05, 4.69) is 27.7 Å². The molecule has 148 valence electrons. The van der Waals surface area contributed by atoms with Gasteiger partial charge in [-0.25, -0.2) is 0 Å². The summed E-state index contributed by atoms with van der Waals surface area (Å²) in [6.07, 6.45) is 9.55. The van der Waals surface area contributed by atoms with Crippen LogP contribution in [0.4, 0.5) is 0 Å². The summed E-state index contributed by atoms with van der Waals surface area (Å²) in [7, 11) is 0. The highest BCUT2D eigenvalue weighted by molar-refractivity contribution is 7.82. The van der Waals surface area contributed by atoms with Gasteiger partial charge in [-0.1, -0.05) is 103 Å². The van der Waals surface area contributed by atoms with Gasteiger partial charge in [0.1, 0.15) is 0 Å². The molecule has 0 radical (unpaired) electrons. The fourth-order valence-electron chi connectivity index (χ4n) is 3.68. The van der Waals surface area contributed by atoms with Gasteiger partial charge in [0.05, 0.1) is 21.5 Å². The SMILES string of the molecule is CCCCC(CC)CC(O)C(CC(CC)CCCC)(C(N)=S)C(N)=S. The Morgan fingerprint density at radius 3 is 1.68 bits per heavy atom. The molecule has 0 aliphatic rings. The molecule has 0 aromatic rings. The zero-order valence-corrected chi connectivity index (χ0v) is 18.4. The van der Waals surface area contributed by atoms with E-state index in [0.717, 1.165) is 44.9 Å². The molecule has 0 bridgehead atoms. The maximum absolute atomic E-state index is 11.1. The lowest BCUT2D eigenvalue weighted by Gasteiger charge is -2.40. The predicted octanol–water partition coefficient (Wildman–Crippen LogP) is 5.12. The van der Waals surface area contributed by atoms with Crippen molar-refractivity contribution in [2.75, 3.05) is 0 Å². The van der Waals surface area contributed by atoms with Gasteiger partial charge in [0.2, 0.25) is 0 Å². The van der Waals surface area contributed by atoms with Crippen LogP contribution in [-0.2, 0) is 0 Å². The minimum atomic E-state index is -0.918. The predicted molar refractivity (Wildman–Crippen MR) is 118 cm³/mol. The molecule has 0 aliphatic carbocycles. The highest BCUT2D eigenvalue weighted by Gasteiger charge is 2.45. The van der Waals surface area contributed by atoms with Gasteiger partial charge in [-0.3, -0.25) is 0 Å². The van der Waals surface area contributed by atoms with E-state index in [4.69, 9.17) is 35.9 Å². The summed E-state index contributed by atoms with van der Waals surface area (Å²) >= 11 is 10.8. The molecule has 0 rings (SSSR count). The first kappa shape index (κ1) is 24.7. The standard InChI is InChI=1S/C20H40N2OS2/c1-5-9-11-15(7-3)13-17(23)20(18(21)24,19(22)25)14-16(8-4)12-10-6-2/h15-17,23H,5-14H2,1-4H3,(H2,21,24)(H2,22,25). The first-order valence-electron chi connectivity index (χ1n) is 10.1. The number of hydrogen-bond donors (Lipinski definition) is 3. The van der Waals surface area contributed by atoms with Gasteiger partial charge in [0, 0.05) is 0 Å². The first-order chi connectivity index (χ1) is 11.8. The van der Waals surface area contributed by atoms with E-state index in [0.29, 0.717) is 24.7 Å². The van der Waals surface area contributed by atoms with Gasteiger partial charge in [-0.05, 0) is 24.7 Å². The van der Waals surface area contributed by atoms with Crippen LogP contribution in [0.3, 0.4) is 0 Å². The van der Waals surface area contributed by atoms with Crippen LogP contribution in [-0.4, -0.2) is 21.2 Å². The summed E-state index contributed by atoms with van der Waals surface area (Å²) in [4.78, 5) is 0.514. The van der Waals surface area contributed by atoms with E-state index in [1.165, 1.54) is 6.42 Å². The molecule has 0 aromatic heterocycles. The number of rotatable bonds is 15. The van der Waals surface area contributed by atoms with Crippen LogP contribution in [0.25, 0.3) is 0 Å². The largest absolute Gasteiger partial charge is 0.392 e. The summed E-state index contributed by atoms with van der Waals surface area (Å²) in [5.41, 5.74) is 11.3. The Morgan fingerprint density at radius 2 is 1.32 bits per heavy atom. The Bertz CT molecular complexity index is 387. The third-order valence-electron chi connectivity index (χ3n) is 5.70. The summed E-state index contributed by atoms with van der Waals surface area (Å²) in [5, 5.41) is 11.1. The number of aliphatic hydroxyl groups is 1. The third-order valence-corrected chi connectivity index (χ3v) is 6.43. The molecule has 0 saturated carbocycles. The molecule has 0 aromatic carbocycles. The van der Waals surface area contributed by atoms with E-state index < -0.39 is 11.5 Å². The minimum Gasteiger partial charge on any atom is -0.392 e. The third kappa shape index (κ3) is 7.48. The van der Waals surface area contributed by atoms with Gasteiger partial charge in [0.25, 0.3) is 0 Å². The van der Waals surface area contributed by atoms with Crippen LogP contribution in [0.1, 0.15) is 91.9 Å². The number of thiocarbonyl (C=S) groups is 2. The molecule has 0 spiro atoms. The normalized spacial score (nSPS) is 15.6. The smallest absolute Gasteiger partial charge is 0.0963 e. The zero-order chi connectivity index (χ0) is 19.5. The van der Waals surface area contributed by atoms with Crippen molar-refractivity contribution in [3.05, 3.63) is 0 Å². The van der Waals surface area contributed by atoms with E-state index in [1.54, 1.807) is 0 Å². The maximum Gasteiger partial charge on any atom is 0.0963 e. The highest BCUT2D eigenvalue weighted by atomic mass is 32.1. The summed E-state index contributed by atoms with van der Waals surface area (Å²) < 4.78 is 0. The van der Waals surface area contributed by atoms with Gasteiger partial charge in [0.15, 0.2) is 0 Å². The Morgan fingerprint density at radius 1 is 0.880 bits per heavy atom. The van der Waals surface area contributed by atoms with Crippen molar-refractivity contribution in [1.29, 1.82) is 0 Å². The summed E-state index contributed by atoms with van der Waals surface area (Å²) in [6, 6.07) is 0. The fraction of sp³-hybridized carbons (Fsp3) is 0.900. The van der Waals surface area contributed by atoms with Crippen molar-refractivity contribution in [1.82, 2.24) is 0 Å². The van der Waals surface area contributed by atoms with E-state index in [9.17, 15) is 5.11 Å². The molecule has 0 amide bonds. The average Bonchev–Trinajstić information content (AvgIpc) is 2.58. The molecule has 0 saturated heterocycles. The zero-order valence-electron chi connectivity index (χ0n) is 16.7. The van der Waals surface area contributed by atoms with E-state index in [-0.39, 0.29) is 9.98 Å². The Kier molecular flexibility index (Phi) is 12.9. The van der Waals surface area contributed by atoms with E-state index >= 15 is 0 Å². The first-order valence-corrected chi connectivity index (χ1v) is 10.9. The van der Waals surface area contributed by atoms with Crippen molar-refractivity contribution in [3.63, 3.8) is 0 Å². The Hall–Kier alpha value is -0.260. The molecule has 0 fully saturated rings. The van der Waals surface area contributed by atoms with Crippen molar-refractivity contribution in [2.45, 2.75) is 98.0 Å². The number of aliphatic hydroxyl groups excluding tert-OH is 1. The van der Waals surface area contributed by atoms with Crippen molar-refractivity contribution in [2.24, 2.45) is 28.7 Å². The van der Waals surface area contributed by atoms with Crippen LogP contribution in [0.15, 0.2) is 0 Å². The number of nitrogens with two attached hydrogens (primary N) is 2. The Labute approximate surface area is 166 Å². The molecule has 5 N–H and O–H groups in total. The molecule has 25 heavy (non-hydrogen) atoms. The van der Waals surface area contributed by atoms with Gasteiger partial charge < -0.3 is 16.6 Å². The Balaban J connectivity index is 5.43. The minimum absolute atomic E-state index is 0.257. The topological polar surface area (TPSA) is 72.3 Å². The fourth-order valence-corrected chi connectivity index (χ4v) is 4.41. The molecule has 0 aliphatic heterocycles. The summed E-state index contributed by atoms with van der Waals surface area (Å²) in [5.74, 6) is 0.877. The van der Waals surface area contributed by atoms with Crippen LogP contribution in [0.5, 0.6) is 0 Å². The second kappa shape index (κ2) is 13.0. The van der Waals surface area contributed by atoms with Crippen molar-refractivity contribution >= 4 is 34.4 Å². The molecular formula is C20H40N2OS2. The van der Waals surface area contributed by atoms with Gasteiger partial charge in [-0.15, -0.1) is 0 Å². The second-order valence-corrected chi connectivity index (χ2v) is 8.37. The highest BCUT2D eigenvalue weighted by Crippen LogP contribution is 2.38. The number of unbranched alkanes of at least 4 members (excludes halogenated alkanes) is 2. The van der Waals surface area contributed by atoms with E-state index in [1.807, 2.05) is 0 Å². The van der Waals surface area contributed by atoms with Crippen LogP contribution in [0.2, 0.25) is 0 Å². The number of hydrogen-bond acceptors (Lipinski definition) is 3. The quantitative estimate of drug-likeness (QED) is 0.340. The molecule has 3 atom stereocenters. The van der Waals surface area contributed by atoms with Crippen molar-refractivity contribution < 1.29 is 5.11 Å². The lowest BCUT2D eigenvalue weighted by Crippen LogP contribution is -2.55. The molecule has 0 heterocycles. The average molecular weight is 389 g/mol. The molecular weight excluding hydrogens is 348 g/mol. The van der Waals surface area contributed by atoms with Gasteiger partial charge >= 0.3 is 0 Å². The molecule has 5 heteroatoms. The maximum atomic E-state index is 11.1. The van der Waals surface area contributed by atoms with Crippen LogP contribution in [0, 0.1) is 17.3 Å². The van der Waals surface area contributed by atoms with Gasteiger partial charge in [-0.2, -0.15) is 0 Å². The monoisotopic (exact) mass is 388 g/mol. The van der Waals surface area contributed by atoms with Crippen LogP contribution < -0.4 is 11.5 Å². The lowest BCUT2D eigenvalue weighted by molar-refractivity contribution is 0.0676. The molecule has 3 unspecified atom stereocenters.